The highest BCUT2D eigenvalue weighted by molar-refractivity contribution is 6.32. The van der Waals surface area contributed by atoms with Crippen LogP contribution in [0.5, 0.6) is 11.5 Å². The lowest BCUT2D eigenvalue weighted by atomic mass is 10.2. The molecule has 4 rings (SSSR count). The number of halogens is 4. The Bertz CT molecular complexity index is 1590. The van der Waals surface area contributed by atoms with Gasteiger partial charge >= 0.3 is 12.2 Å². The molecule has 2 aromatic carbocycles. The minimum Gasteiger partial charge on any atom is -0.489 e. The maximum atomic E-state index is 12.4. The molecule has 2 aliphatic rings. The van der Waals surface area contributed by atoms with Crippen molar-refractivity contribution in [3.8, 4) is 11.5 Å². The van der Waals surface area contributed by atoms with Gasteiger partial charge < -0.3 is 44.3 Å². The number of nitrogens with zero attached hydrogens (tertiary/aromatic N) is 5. The van der Waals surface area contributed by atoms with Crippen LogP contribution < -0.4 is 30.3 Å². The average Bonchev–Trinajstić information content (AvgIpc) is 3.09. The molecule has 300 valence electrons. The van der Waals surface area contributed by atoms with Crippen LogP contribution in [0.1, 0.15) is 41.5 Å². The number of piperazine rings is 2. The summed E-state index contributed by atoms with van der Waals surface area (Å²) in [6, 6.07) is 10.8. The Labute approximate surface area is 325 Å². The van der Waals surface area contributed by atoms with Gasteiger partial charge in [0.1, 0.15) is 49.3 Å². The number of aliphatic imine (C=N–C) groups is 1. The molecule has 0 aromatic heterocycles. The summed E-state index contributed by atoms with van der Waals surface area (Å²) in [6.45, 7) is 14.3. The summed E-state index contributed by atoms with van der Waals surface area (Å²) in [5.41, 5.74) is 5.90. The molecule has 2 aliphatic heterocycles. The van der Waals surface area contributed by atoms with Gasteiger partial charge in [0.05, 0.1) is 10.0 Å². The van der Waals surface area contributed by atoms with Crippen LogP contribution in [-0.2, 0) is 9.47 Å². The largest absolute Gasteiger partial charge is 0.489 e. The summed E-state index contributed by atoms with van der Waals surface area (Å²) in [5, 5.41) is 10.9. The highest BCUT2D eigenvalue weighted by Gasteiger charge is 2.26. The third-order valence-corrected chi connectivity index (χ3v) is 8.22. The first-order chi connectivity index (χ1) is 25.4. The Hall–Kier alpha value is -4.44. The number of guanidine groups is 2. The van der Waals surface area contributed by atoms with E-state index in [1.807, 2.05) is 23.1 Å². The van der Waals surface area contributed by atoms with Gasteiger partial charge in [0.2, 0.25) is 5.96 Å². The number of carbonyl (C=O) groups excluding carboxylic acids is 2. The molecular weight excluding hydrogens is 749 g/mol. The van der Waals surface area contributed by atoms with E-state index in [-0.39, 0.29) is 25.1 Å². The van der Waals surface area contributed by atoms with E-state index in [1.165, 1.54) is 0 Å². The van der Waals surface area contributed by atoms with Crippen molar-refractivity contribution in [3.63, 3.8) is 0 Å². The van der Waals surface area contributed by atoms with E-state index in [0.717, 1.165) is 24.5 Å². The van der Waals surface area contributed by atoms with Crippen LogP contribution in [0.15, 0.2) is 41.4 Å². The highest BCUT2D eigenvalue weighted by Crippen LogP contribution is 2.31. The van der Waals surface area contributed by atoms with Crippen molar-refractivity contribution in [3.05, 3.63) is 46.4 Å². The third-order valence-electron chi connectivity index (χ3n) is 7.63. The summed E-state index contributed by atoms with van der Waals surface area (Å²) in [7, 11) is 0. The number of amides is 2. The highest BCUT2D eigenvalue weighted by atomic mass is 35.5. The van der Waals surface area contributed by atoms with Crippen LogP contribution >= 0.6 is 23.2 Å². The van der Waals surface area contributed by atoms with Crippen molar-refractivity contribution in [1.82, 2.24) is 15.1 Å². The van der Waals surface area contributed by atoms with E-state index < -0.39 is 36.7 Å². The fourth-order valence-electron chi connectivity index (χ4n) is 5.23. The molecule has 18 heteroatoms. The molecule has 0 radical (unpaired) electrons. The van der Waals surface area contributed by atoms with E-state index in [2.05, 4.69) is 20.1 Å². The zero-order chi connectivity index (χ0) is 40.1. The molecule has 54 heavy (non-hydrogen) atoms. The van der Waals surface area contributed by atoms with Gasteiger partial charge in [-0.25, -0.2) is 18.4 Å². The van der Waals surface area contributed by atoms with Crippen LogP contribution in [0.2, 0.25) is 10.0 Å². The maximum Gasteiger partial charge on any atom is 0.437 e. The number of anilines is 2. The maximum absolute atomic E-state index is 12.4. The van der Waals surface area contributed by atoms with Crippen LogP contribution in [0, 0.1) is 5.41 Å². The van der Waals surface area contributed by atoms with E-state index in [4.69, 9.17) is 53.3 Å². The van der Waals surface area contributed by atoms with E-state index in [0.29, 0.717) is 60.8 Å². The fraction of sp³-hybridized carbons (Fsp3) is 0.556. The summed E-state index contributed by atoms with van der Waals surface area (Å²) in [6.07, 6.45) is -1.52. The predicted molar refractivity (Wildman–Crippen MR) is 208 cm³/mol. The lowest BCUT2D eigenvalue weighted by Crippen LogP contribution is -2.54. The average molecular weight is 802 g/mol. The van der Waals surface area contributed by atoms with Crippen LogP contribution in [0.3, 0.4) is 0 Å². The Morgan fingerprint density at radius 3 is 1.56 bits per heavy atom. The summed E-state index contributed by atoms with van der Waals surface area (Å²) in [4.78, 5) is 36.5. The number of hydrogen-bond donors (Lipinski definition) is 3. The van der Waals surface area contributed by atoms with E-state index >= 15 is 0 Å². The zero-order valence-corrected chi connectivity index (χ0v) is 33.2. The number of hydrogen-bond acceptors (Lipinski definition) is 9. The third kappa shape index (κ3) is 14.8. The molecule has 2 amide bonds. The van der Waals surface area contributed by atoms with Gasteiger partial charge in [0.25, 0.3) is 0 Å². The predicted octanol–water partition coefficient (Wildman–Crippen LogP) is 6.33. The lowest BCUT2D eigenvalue weighted by Gasteiger charge is -2.37. The summed E-state index contributed by atoms with van der Waals surface area (Å²) >= 11 is 12.4. The topological polar surface area (TPSA) is 158 Å². The summed E-state index contributed by atoms with van der Waals surface area (Å²) in [5.74, 6) is 1.10. The normalized spacial score (nSPS) is 15.2. The molecule has 2 aromatic rings. The quantitative estimate of drug-likeness (QED) is 0.203. The summed E-state index contributed by atoms with van der Waals surface area (Å²) < 4.78 is 45.5. The number of alkyl carbamates (subject to hydrolysis) is 1. The number of nitrogens with one attached hydrogen (secondary N) is 2. The molecule has 2 heterocycles. The SMILES string of the molecule is CC(C)(C)OC(=O)N=C(NC(=O)OC(C)(C)C)N1CCN(c2ccc(OCCF)c(Cl)c2)CC1.N=C(N)N1CCN(c2ccc(OCCF)c(Cl)c2)CC1. The molecule has 2 fully saturated rings. The number of alkyl halides is 2. The molecule has 0 atom stereocenters. The van der Waals surface area contributed by atoms with Crippen molar-refractivity contribution in [1.29, 1.82) is 5.41 Å². The minimum absolute atomic E-state index is 0.0103. The van der Waals surface area contributed by atoms with Gasteiger partial charge in [-0.1, -0.05) is 23.2 Å². The Balaban J connectivity index is 0.000000331. The molecule has 0 unspecified atom stereocenters. The molecule has 0 spiro atoms. The molecular formula is C36H52Cl2F2N8O6. The van der Waals surface area contributed by atoms with Crippen molar-refractivity contribution in [2.45, 2.75) is 52.7 Å². The zero-order valence-electron chi connectivity index (χ0n) is 31.7. The van der Waals surface area contributed by atoms with E-state index in [1.54, 1.807) is 64.6 Å². The number of nitrogens with two attached hydrogens (primary N) is 1. The van der Waals surface area contributed by atoms with Crippen molar-refractivity contribution >= 4 is 58.7 Å². The van der Waals surface area contributed by atoms with Crippen LogP contribution in [0.4, 0.5) is 29.7 Å². The second-order valence-corrected chi connectivity index (χ2v) is 15.0. The Kier molecular flexibility index (Phi) is 16.5. The second kappa shape index (κ2) is 20.3. The molecule has 14 nitrogen and oxygen atoms in total. The molecule has 0 aliphatic carbocycles. The Morgan fingerprint density at radius 1 is 0.759 bits per heavy atom. The monoisotopic (exact) mass is 800 g/mol. The fourth-order valence-corrected chi connectivity index (χ4v) is 5.69. The van der Waals surface area contributed by atoms with Crippen molar-refractivity contribution < 1.29 is 37.3 Å². The smallest absolute Gasteiger partial charge is 0.437 e. The van der Waals surface area contributed by atoms with Gasteiger partial charge in [0.15, 0.2) is 5.96 Å². The number of benzene rings is 2. The van der Waals surface area contributed by atoms with E-state index in [9.17, 15) is 18.4 Å². The van der Waals surface area contributed by atoms with Gasteiger partial charge in [-0.3, -0.25) is 10.7 Å². The van der Waals surface area contributed by atoms with Crippen LogP contribution in [0.25, 0.3) is 0 Å². The first kappa shape index (κ1) is 44.0. The molecule has 0 saturated carbocycles. The first-order valence-corrected chi connectivity index (χ1v) is 18.3. The van der Waals surface area contributed by atoms with Crippen LogP contribution in [-0.4, -0.2) is 124 Å². The van der Waals surface area contributed by atoms with Gasteiger partial charge in [-0.05, 0) is 77.9 Å². The molecule has 2 saturated heterocycles. The molecule has 0 bridgehead atoms. The first-order valence-electron chi connectivity index (χ1n) is 17.5. The second-order valence-electron chi connectivity index (χ2n) is 14.2. The molecule has 4 N–H and O–H groups in total. The minimum atomic E-state index is -0.809. The lowest BCUT2D eigenvalue weighted by molar-refractivity contribution is 0.0554. The number of ether oxygens (including phenoxy) is 4. The number of rotatable bonds is 8. The standard InChI is InChI=1S/C23H34ClFN4O5.C13H18ClFN4O/c1-22(2,3)33-20(30)26-19(27-21(31)34-23(4,5)6)29-12-10-28(11-13-29)16-7-8-18(17(24)15-16)32-14-9-25;14-11-9-10(1-2-12(11)20-8-3-15)18-4-6-19(7-5-18)13(16)17/h7-8,15H,9-14H2,1-6H3,(H,26,27,30,31);1-2,9H,3-8H2,(H3,16,17). The van der Waals surface area contributed by atoms with Gasteiger partial charge in [-0.15, -0.1) is 4.99 Å². The Morgan fingerprint density at radius 2 is 1.19 bits per heavy atom. The number of carbonyl (C=O) groups is 2. The van der Waals surface area contributed by atoms with Gasteiger partial charge in [0, 0.05) is 63.7 Å². The van der Waals surface area contributed by atoms with Crippen molar-refractivity contribution in [2.75, 3.05) is 88.7 Å². The van der Waals surface area contributed by atoms with Crippen molar-refractivity contribution in [2.24, 2.45) is 10.7 Å². The van der Waals surface area contributed by atoms with Gasteiger partial charge in [-0.2, -0.15) is 0 Å².